The van der Waals surface area contributed by atoms with E-state index in [9.17, 15) is 0 Å². The highest BCUT2D eigenvalue weighted by Gasteiger charge is 2.02. The van der Waals surface area contributed by atoms with Gasteiger partial charge in [0.25, 0.3) is 0 Å². The van der Waals surface area contributed by atoms with Crippen molar-refractivity contribution in [3.05, 3.63) is 40.4 Å². The molecule has 1 N–H and O–H groups in total. The standard InChI is InChI=1S/C10H10Cl2O2/c11-4-1-5-14-10-3-2-9(12)6-8(10)7-13/h1-4,6,13H,5,7H2/b4-1+. The second kappa shape index (κ2) is 5.91. The molecule has 0 atom stereocenters. The first-order chi connectivity index (χ1) is 6.77. The van der Waals surface area contributed by atoms with Gasteiger partial charge in [-0.25, -0.2) is 0 Å². The summed E-state index contributed by atoms with van der Waals surface area (Å²) in [5.74, 6) is 0.617. The molecule has 0 fully saturated rings. The molecule has 0 saturated carbocycles. The van der Waals surface area contributed by atoms with Gasteiger partial charge in [0.05, 0.1) is 6.61 Å². The van der Waals surface area contributed by atoms with E-state index in [4.69, 9.17) is 33.0 Å². The van der Waals surface area contributed by atoms with Gasteiger partial charge in [0.2, 0.25) is 0 Å². The number of hydrogen-bond donors (Lipinski definition) is 1. The van der Waals surface area contributed by atoms with Crippen molar-refractivity contribution in [2.24, 2.45) is 0 Å². The Morgan fingerprint density at radius 2 is 2.21 bits per heavy atom. The SMILES string of the molecule is OCc1cc(Cl)ccc1OC/C=C/Cl. The second-order valence-electron chi connectivity index (χ2n) is 2.58. The summed E-state index contributed by atoms with van der Waals surface area (Å²) in [7, 11) is 0. The van der Waals surface area contributed by atoms with Gasteiger partial charge in [-0.05, 0) is 24.3 Å². The lowest BCUT2D eigenvalue weighted by Crippen LogP contribution is -1.97. The van der Waals surface area contributed by atoms with Crippen LogP contribution in [0.2, 0.25) is 5.02 Å². The summed E-state index contributed by atoms with van der Waals surface area (Å²) in [6.45, 7) is 0.276. The molecular formula is C10H10Cl2O2. The average Bonchev–Trinajstić information content (AvgIpc) is 2.20. The summed E-state index contributed by atoms with van der Waals surface area (Å²) >= 11 is 11.1. The lowest BCUT2D eigenvalue weighted by molar-refractivity contribution is 0.270. The van der Waals surface area contributed by atoms with Crippen LogP contribution >= 0.6 is 23.2 Å². The Morgan fingerprint density at radius 3 is 2.86 bits per heavy atom. The first-order valence-corrected chi connectivity index (χ1v) is 4.86. The molecule has 0 aliphatic rings. The van der Waals surface area contributed by atoms with Crippen LogP contribution in [0.3, 0.4) is 0 Å². The first-order valence-electron chi connectivity index (χ1n) is 4.05. The maximum Gasteiger partial charge on any atom is 0.125 e. The fraction of sp³-hybridized carbons (Fsp3) is 0.200. The smallest absolute Gasteiger partial charge is 0.125 e. The molecule has 0 radical (unpaired) electrons. The molecule has 0 unspecified atom stereocenters. The van der Waals surface area contributed by atoms with Gasteiger partial charge in [0, 0.05) is 16.1 Å². The molecule has 1 aromatic carbocycles. The van der Waals surface area contributed by atoms with Gasteiger partial charge in [0.15, 0.2) is 0 Å². The minimum atomic E-state index is -0.0967. The van der Waals surface area contributed by atoms with E-state index in [0.29, 0.717) is 22.9 Å². The first kappa shape index (κ1) is 11.4. The molecule has 0 heterocycles. The zero-order valence-corrected chi connectivity index (χ0v) is 8.92. The number of benzene rings is 1. The van der Waals surface area contributed by atoms with Crippen molar-refractivity contribution in [1.82, 2.24) is 0 Å². The van der Waals surface area contributed by atoms with Crippen LogP contribution in [0, 0.1) is 0 Å². The van der Waals surface area contributed by atoms with Gasteiger partial charge in [-0.3, -0.25) is 0 Å². The van der Waals surface area contributed by atoms with Gasteiger partial charge in [0.1, 0.15) is 12.4 Å². The Labute approximate surface area is 92.7 Å². The van der Waals surface area contributed by atoms with Crippen LogP contribution in [0.1, 0.15) is 5.56 Å². The van der Waals surface area contributed by atoms with Crippen LogP contribution in [0.25, 0.3) is 0 Å². The van der Waals surface area contributed by atoms with E-state index < -0.39 is 0 Å². The van der Waals surface area contributed by atoms with E-state index >= 15 is 0 Å². The third-order valence-corrected chi connectivity index (χ3v) is 2.03. The Hall–Kier alpha value is -0.700. The maximum atomic E-state index is 9.02. The Bertz CT molecular complexity index is 324. The number of aliphatic hydroxyl groups excluding tert-OH is 1. The molecule has 1 rings (SSSR count). The maximum absolute atomic E-state index is 9.02. The fourth-order valence-corrected chi connectivity index (χ4v) is 1.25. The molecule has 14 heavy (non-hydrogen) atoms. The zero-order chi connectivity index (χ0) is 10.4. The summed E-state index contributed by atoms with van der Waals surface area (Å²) in [5, 5.41) is 9.59. The quantitative estimate of drug-likeness (QED) is 0.866. The predicted octanol–water partition coefficient (Wildman–Crippen LogP) is 2.96. The summed E-state index contributed by atoms with van der Waals surface area (Å²) in [5.41, 5.74) is 2.05. The summed E-state index contributed by atoms with van der Waals surface area (Å²) in [4.78, 5) is 0. The van der Waals surface area contributed by atoms with Crippen LogP contribution < -0.4 is 4.74 Å². The number of aliphatic hydroxyl groups is 1. The molecule has 2 nitrogen and oxygen atoms in total. The molecule has 0 aliphatic heterocycles. The molecule has 4 heteroatoms. The van der Waals surface area contributed by atoms with Crippen LogP contribution in [0.5, 0.6) is 5.75 Å². The minimum Gasteiger partial charge on any atom is -0.489 e. The molecule has 0 spiro atoms. The third-order valence-electron chi connectivity index (χ3n) is 1.62. The number of ether oxygens (including phenoxy) is 1. The van der Waals surface area contributed by atoms with Gasteiger partial charge < -0.3 is 9.84 Å². The van der Waals surface area contributed by atoms with Crippen molar-refractivity contribution in [3.63, 3.8) is 0 Å². The van der Waals surface area contributed by atoms with Crippen molar-refractivity contribution in [2.75, 3.05) is 6.61 Å². The Kier molecular flexibility index (Phi) is 4.80. The summed E-state index contributed by atoms with van der Waals surface area (Å²) in [6, 6.07) is 5.09. The Morgan fingerprint density at radius 1 is 1.43 bits per heavy atom. The molecular weight excluding hydrogens is 223 g/mol. The van der Waals surface area contributed by atoms with Gasteiger partial charge in [-0.1, -0.05) is 23.2 Å². The number of halogens is 2. The summed E-state index contributed by atoms with van der Waals surface area (Å²) < 4.78 is 5.33. The molecule has 76 valence electrons. The molecule has 0 aliphatic carbocycles. The molecule has 1 aromatic rings. The van der Waals surface area contributed by atoms with Crippen molar-refractivity contribution in [2.45, 2.75) is 6.61 Å². The van der Waals surface area contributed by atoms with Gasteiger partial charge in [-0.2, -0.15) is 0 Å². The van der Waals surface area contributed by atoms with Crippen molar-refractivity contribution < 1.29 is 9.84 Å². The largest absolute Gasteiger partial charge is 0.489 e. The second-order valence-corrected chi connectivity index (χ2v) is 3.27. The fourth-order valence-electron chi connectivity index (χ4n) is 0.987. The third kappa shape index (κ3) is 3.22. The zero-order valence-electron chi connectivity index (χ0n) is 7.41. The van der Waals surface area contributed by atoms with Crippen LogP contribution in [0.15, 0.2) is 29.8 Å². The highest BCUT2D eigenvalue weighted by molar-refractivity contribution is 6.30. The molecule has 0 aromatic heterocycles. The van der Waals surface area contributed by atoms with Crippen molar-refractivity contribution in [3.8, 4) is 5.75 Å². The van der Waals surface area contributed by atoms with E-state index in [1.165, 1.54) is 5.54 Å². The average molecular weight is 233 g/mol. The van der Waals surface area contributed by atoms with E-state index in [2.05, 4.69) is 0 Å². The lowest BCUT2D eigenvalue weighted by Gasteiger charge is -2.08. The minimum absolute atomic E-state index is 0.0967. The Balaban J connectivity index is 2.74. The highest BCUT2D eigenvalue weighted by atomic mass is 35.5. The van der Waals surface area contributed by atoms with Crippen LogP contribution in [-0.4, -0.2) is 11.7 Å². The molecule has 0 bridgehead atoms. The normalized spacial score (nSPS) is 10.8. The van der Waals surface area contributed by atoms with Gasteiger partial charge >= 0.3 is 0 Å². The monoisotopic (exact) mass is 232 g/mol. The molecule has 0 saturated heterocycles. The lowest BCUT2D eigenvalue weighted by atomic mass is 10.2. The number of rotatable bonds is 4. The predicted molar refractivity (Wildman–Crippen MR) is 57.9 cm³/mol. The van der Waals surface area contributed by atoms with E-state index in [-0.39, 0.29) is 6.61 Å². The van der Waals surface area contributed by atoms with Gasteiger partial charge in [-0.15, -0.1) is 0 Å². The van der Waals surface area contributed by atoms with Crippen molar-refractivity contribution in [1.29, 1.82) is 0 Å². The summed E-state index contributed by atoms with van der Waals surface area (Å²) in [6.07, 6.45) is 1.66. The van der Waals surface area contributed by atoms with Crippen LogP contribution in [-0.2, 0) is 6.61 Å². The molecule has 0 amide bonds. The topological polar surface area (TPSA) is 29.5 Å². The van der Waals surface area contributed by atoms with E-state index in [1.807, 2.05) is 0 Å². The van der Waals surface area contributed by atoms with E-state index in [1.54, 1.807) is 24.3 Å². The van der Waals surface area contributed by atoms with E-state index in [0.717, 1.165) is 0 Å². The van der Waals surface area contributed by atoms with Crippen molar-refractivity contribution >= 4 is 23.2 Å². The van der Waals surface area contributed by atoms with Crippen LogP contribution in [0.4, 0.5) is 0 Å². The highest BCUT2D eigenvalue weighted by Crippen LogP contribution is 2.22. The number of hydrogen-bond acceptors (Lipinski definition) is 2.